The maximum absolute atomic E-state index is 12.1. The zero-order valence-electron chi connectivity index (χ0n) is 19.3. The first-order valence-electron chi connectivity index (χ1n) is 10.4. The zero-order chi connectivity index (χ0) is 21.9. The summed E-state index contributed by atoms with van der Waals surface area (Å²) in [6.45, 7) is 5.16. The lowest BCUT2D eigenvalue weighted by Crippen LogP contribution is -2.38. The minimum Gasteiger partial charge on any atom is -0.357 e. The zero-order valence-corrected chi connectivity index (χ0v) is 21.6. The molecule has 0 aliphatic heterocycles. The van der Waals surface area contributed by atoms with Crippen LogP contribution >= 0.6 is 24.0 Å². The van der Waals surface area contributed by atoms with Gasteiger partial charge >= 0.3 is 0 Å². The van der Waals surface area contributed by atoms with Crippen molar-refractivity contribution < 1.29 is 4.79 Å². The Kier molecular flexibility index (Phi) is 12.2. The van der Waals surface area contributed by atoms with Crippen LogP contribution in [0.15, 0.2) is 53.5 Å². The van der Waals surface area contributed by atoms with Crippen LogP contribution in [0.1, 0.15) is 34.0 Å². The van der Waals surface area contributed by atoms with E-state index in [1.165, 1.54) is 11.1 Å². The third-order valence-electron chi connectivity index (χ3n) is 4.54. The fraction of sp³-hybridized carbons (Fsp3) is 0.417. The van der Waals surface area contributed by atoms with Crippen molar-refractivity contribution in [3.8, 4) is 0 Å². The van der Waals surface area contributed by atoms with Crippen LogP contribution in [0, 0.1) is 0 Å². The van der Waals surface area contributed by atoms with Gasteiger partial charge in [-0.25, -0.2) is 4.99 Å². The molecule has 0 spiro atoms. The fourth-order valence-corrected chi connectivity index (χ4v) is 3.15. The highest BCUT2D eigenvalue weighted by Crippen LogP contribution is 2.09. The van der Waals surface area contributed by atoms with Crippen LogP contribution in [0.2, 0.25) is 0 Å². The molecule has 0 bridgehead atoms. The molecule has 2 N–H and O–H groups in total. The highest BCUT2D eigenvalue weighted by Gasteiger charge is 2.08. The Morgan fingerprint density at radius 3 is 2.29 bits per heavy atom. The minimum absolute atomic E-state index is 0. The predicted molar refractivity (Wildman–Crippen MR) is 140 cm³/mol. The number of rotatable bonds is 9. The van der Waals surface area contributed by atoms with Gasteiger partial charge in [0.2, 0.25) is 0 Å². The third-order valence-corrected chi connectivity index (χ3v) is 4.54. The topological polar surface area (TPSA) is 60.0 Å². The molecule has 0 aliphatic carbocycles. The summed E-state index contributed by atoms with van der Waals surface area (Å²) < 4.78 is 0. The molecule has 0 saturated carbocycles. The molecule has 6 nitrogen and oxygen atoms in total. The van der Waals surface area contributed by atoms with Crippen LogP contribution in [0.3, 0.4) is 0 Å². The van der Waals surface area contributed by atoms with Gasteiger partial charge in [-0.05, 0) is 56.3 Å². The van der Waals surface area contributed by atoms with E-state index in [0.717, 1.165) is 43.1 Å². The van der Waals surface area contributed by atoms with E-state index in [9.17, 15) is 4.79 Å². The summed E-state index contributed by atoms with van der Waals surface area (Å²) in [7, 11) is 7.69. The van der Waals surface area contributed by atoms with Crippen molar-refractivity contribution in [2.24, 2.45) is 4.99 Å². The van der Waals surface area contributed by atoms with Crippen LogP contribution in [-0.2, 0) is 19.5 Å². The quantitative estimate of drug-likeness (QED) is 0.293. The van der Waals surface area contributed by atoms with Crippen LogP contribution in [0.5, 0.6) is 0 Å². The van der Waals surface area contributed by atoms with Gasteiger partial charge in [-0.15, -0.1) is 24.0 Å². The predicted octanol–water partition coefficient (Wildman–Crippen LogP) is 3.37. The summed E-state index contributed by atoms with van der Waals surface area (Å²) in [6.07, 6.45) is 0.817. The maximum atomic E-state index is 12.1. The number of hydrogen-bond donors (Lipinski definition) is 2. The number of carbonyl (C=O) groups excluding carboxylic acids is 1. The number of nitrogens with one attached hydrogen (secondary N) is 2. The molecular weight excluding hydrogens is 501 g/mol. The minimum atomic E-state index is 0. The van der Waals surface area contributed by atoms with E-state index < -0.39 is 0 Å². The number of nitrogens with zero attached hydrogens (tertiary/aromatic N) is 3. The molecule has 0 heterocycles. The van der Waals surface area contributed by atoms with Gasteiger partial charge in [-0.1, -0.05) is 36.4 Å². The van der Waals surface area contributed by atoms with E-state index in [0.29, 0.717) is 6.54 Å². The smallest absolute Gasteiger partial charge is 0.253 e. The van der Waals surface area contributed by atoms with Crippen molar-refractivity contribution in [3.63, 3.8) is 0 Å². The van der Waals surface area contributed by atoms with Crippen LogP contribution in [-0.4, -0.2) is 62.9 Å². The number of benzene rings is 2. The molecule has 2 aromatic carbocycles. The summed E-state index contributed by atoms with van der Waals surface area (Å²) >= 11 is 0. The summed E-state index contributed by atoms with van der Waals surface area (Å²) in [5, 5.41) is 6.69. The van der Waals surface area contributed by atoms with Gasteiger partial charge in [0, 0.05) is 39.3 Å². The van der Waals surface area contributed by atoms with E-state index in [2.05, 4.69) is 66.9 Å². The van der Waals surface area contributed by atoms with Crippen molar-refractivity contribution in [2.75, 3.05) is 41.3 Å². The second kappa shape index (κ2) is 14.0. The summed E-state index contributed by atoms with van der Waals surface area (Å²) in [5.74, 6) is 0.826. The summed E-state index contributed by atoms with van der Waals surface area (Å²) in [6, 6.07) is 16.4. The van der Waals surface area contributed by atoms with Gasteiger partial charge in [0.15, 0.2) is 5.96 Å². The molecule has 0 aliphatic rings. The first-order valence-corrected chi connectivity index (χ1v) is 10.4. The van der Waals surface area contributed by atoms with Gasteiger partial charge < -0.3 is 20.4 Å². The van der Waals surface area contributed by atoms with Crippen LogP contribution in [0.25, 0.3) is 0 Å². The van der Waals surface area contributed by atoms with Gasteiger partial charge in [-0.2, -0.15) is 0 Å². The first kappa shape index (κ1) is 26.9. The molecule has 7 heteroatoms. The molecule has 31 heavy (non-hydrogen) atoms. The molecule has 0 aromatic heterocycles. The van der Waals surface area contributed by atoms with Gasteiger partial charge in [-0.3, -0.25) is 4.79 Å². The van der Waals surface area contributed by atoms with E-state index in [-0.39, 0.29) is 29.9 Å². The molecule has 0 atom stereocenters. The Hall–Kier alpha value is -2.13. The van der Waals surface area contributed by atoms with Gasteiger partial charge in [0.05, 0.1) is 6.54 Å². The van der Waals surface area contributed by atoms with Crippen LogP contribution < -0.4 is 10.6 Å². The van der Waals surface area contributed by atoms with Crippen molar-refractivity contribution in [1.82, 2.24) is 20.4 Å². The Balaban J connectivity index is 0.00000480. The van der Waals surface area contributed by atoms with E-state index in [1.807, 2.05) is 18.2 Å². The lowest BCUT2D eigenvalue weighted by Gasteiger charge is -2.13. The van der Waals surface area contributed by atoms with Crippen LogP contribution in [0.4, 0.5) is 0 Å². The number of carbonyl (C=O) groups is 1. The largest absolute Gasteiger partial charge is 0.357 e. The second-order valence-electron chi connectivity index (χ2n) is 7.83. The van der Waals surface area contributed by atoms with Gasteiger partial charge in [0.25, 0.3) is 5.91 Å². The van der Waals surface area contributed by atoms with E-state index in [1.54, 1.807) is 19.0 Å². The second-order valence-corrected chi connectivity index (χ2v) is 7.83. The maximum Gasteiger partial charge on any atom is 0.253 e. The van der Waals surface area contributed by atoms with Gasteiger partial charge in [0.1, 0.15) is 0 Å². The Labute approximate surface area is 204 Å². The fourth-order valence-electron chi connectivity index (χ4n) is 3.15. The molecular formula is C24H36IN5O. The standard InChI is InChI=1S/C24H35N5O.HI/c1-6-25-24(27-17-20-10-7-11-21(15-20)18-28(2)3)26-14-13-19-9-8-12-22(16-19)23(30)29(4)5;/h7-12,15-16H,6,13-14,17-18H2,1-5H3,(H2,25,26,27);1H. The van der Waals surface area contributed by atoms with Crippen molar-refractivity contribution in [3.05, 3.63) is 70.8 Å². The Morgan fingerprint density at radius 1 is 0.935 bits per heavy atom. The number of halogens is 1. The average molecular weight is 537 g/mol. The average Bonchev–Trinajstić information content (AvgIpc) is 2.71. The molecule has 2 rings (SSSR count). The molecule has 0 saturated heterocycles. The number of hydrogen-bond acceptors (Lipinski definition) is 3. The first-order chi connectivity index (χ1) is 14.4. The van der Waals surface area contributed by atoms with E-state index in [4.69, 9.17) is 4.99 Å². The highest BCUT2D eigenvalue weighted by atomic mass is 127. The highest BCUT2D eigenvalue weighted by molar-refractivity contribution is 14.0. The third kappa shape index (κ3) is 9.69. The number of guanidine groups is 1. The normalized spacial score (nSPS) is 11.1. The summed E-state index contributed by atoms with van der Waals surface area (Å²) in [5.41, 5.74) is 4.33. The van der Waals surface area contributed by atoms with Crippen molar-refractivity contribution in [1.29, 1.82) is 0 Å². The Bertz CT molecular complexity index is 851. The molecule has 1 amide bonds. The SMILES string of the molecule is CCNC(=NCc1cccc(CN(C)C)c1)NCCc1cccc(C(=O)N(C)C)c1.I. The Morgan fingerprint density at radius 2 is 1.61 bits per heavy atom. The van der Waals surface area contributed by atoms with E-state index >= 15 is 0 Å². The molecule has 0 radical (unpaired) electrons. The molecule has 2 aromatic rings. The monoisotopic (exact) mass is 537 g/mol. The number of amides is 1. The lowest BCUT2D eigenvalue weighted by atomic mass is 10.1. The lowest BCUT2D eigenvalue weighted by molar-refractivity contribution is 0.0827. The molecule has 0 unspecified atom stereocenters. The molecule has 170 valence electrons. The number of aliphatic imine (C=N–C) groups is 1. The molecule has 0 fully saturated rings. The summed E-state index contributed by atoms with van der Waals surface area (Å²) in [4.78, 5) is 20.6. The van der Waals surface area contributed by atoms with Crippen molar-refractivity contribution >= 4 is 35.8 Å². The van der Waals surface area contributed by atoms with Crippen molar-refractivity contribution in [2.45, 2.75) is 26.4 Å².